The Bertz CT molecular complexity index is 659. The van der Waals surface area contributed by atoms with E-state index in [9.17, 15) is 12.8 Å². The molecule has 2 rings (SSSR count). The first-order valence-corrected chi connectivity index (χ1v) is 7.84. The molecule has 0 aliphatic carbocycles. The summed E-state index contributed by atoms with van der Waals surface area (Å²) in [6.45, 7) is 1.68. The number of thiophene rings is 1. The highest BCUT2D eigenvalue weighted by molar-refractivity contribution is 7.89. The zero-order valence-electron chi connectivity index (χ0n) is 10.2. The summed E-state index contributed by atoms with van der Waals surface area (Å²) in [7, 11) is -3.76. The van der Waals surface area contributed by atoms with Gasteiger partial charge < -0.3 is 5.73 Å². The molecule has 0 saturated heterocycles. The highest BCUT2D eigenvalue weighted by Gasteiger charge is 2.17. The molecule has 0 radical (unpaired) electrons. The van der Waals surface area contributed by atoms with Crippen molar-refractivity contribution in [1.29, 1.82) is 0 Å². The maximum Gasteiger partial charge on any atom is 0.241 e. The lowest BCUT2D eigenvalue weighted by Crippen LogP contribution is -2.23. The van der Waals surface area contributed by atoms with Gasteiger partial charge in [-0.2, -0.15) is 0 Å². The van der Waals surface area contributed by atoms with Crippen molar-refractivity contribution in [3.63, 3.8) is 0 Å². The lowest BCUT2D eigenvalue weighted by Gasteiger charge is -2.08. The van der Waals surface area contributed by atoms with Gasteiger partial charge in [-0.25, -0.2) is 17.5 Å². The molecule has 3 N–H and O–H groups in total. The number of rotatable bonds is 4. The number of sulfonamides is 1. The number of halogens is 1. The number of anilines is 1. The average molecular weight is 300 g/mol. The molecular weight excluding hydrogens is 287 g/mol. The Morgan fingerprint density at radius 3 is 2.74 bits per heavy atom. The van der Waals surface area contributed by atoms with Crippen molar-refractivity contribution >= 4 is 27.0 Å². The third kappa shape index (κ3) is 3.12. The standard InChI is InChI=1S/C12H13FN2O2S2/c1-8-11(13)5-10(6-12(8)14)19(16,17)15-7-9-3-2-4-18-9/h2-6,15H,7,14H2,1H3. The SMILES string of the molecule is Cc1c(N)cc(S(=O)(=O)NCc2cccs2)cc1F. The molecular formula is C12H13FN2O2S2. The predicted molar refractivity (Wildman–Crippen MR) is 73.9 cm³/mol. The molecule has 0 aliphatic heterocycles. The predicted octanol–water partition coefficient (Wildman–Crippen LogP) is 2.26. The van der Waals surface area contributed by atoms with Crippen molar-refractivity contribution in [2.45, 2.75) is 18.4 Å². The Labute approximate surface area is 115 Å². The van der Waals surface area contributed by atoms with Crippen molar-refractivity contribution in [2.75, 3.05) is 5.73 Å². The van der Waals surface area contributed by atoms with E-state index in [1.165, 1.54) is 24.3 Å². The minimum absolute atomic E-state index is 0.122. The van der Waals surface area contributed by atoms with Gasteiger partial charge in [-0.05, 0) is 30.5 Å². The molecule has 0 amide bonds. The quantitative estimate of drug-likeness (QED) is 0.851. The fourth-order valence-electron chi connectivity index (χ4n) is 1.49. The zero-order chi connectivity index (χ0) is 14.0. The van der Waals surface area contributed by atoms with Crippen LogP contribution in [0.3, 0.4) is 0 Å². The fourth-order valence-corrected chi connectivity index (χ4v) is 3.28. The molecule has 1 heterocycles. The van der Waals surface area contributed by atoms with Gasteiger partial charge in [0.1, 0.15) is 5.82 Å². The number of nitrogens with one attached hydrogen (secondary N) is 1. The number of nitrogen functional groups attached to an aromatic ring is 1. The first-order chi connectivity index (χ1) is 8.90. The summed E-state index contributed by atoms with van der Waals surface area (Å²) in [6.07, 6.45) is 0. The Kier molecular flexibility index (Phi) is 3.88. The molecule has 0 atom stereocenters. The normalized spacial score (nSPS) is 11.7. The average Bonchev–Trinajstić information content (AvgIpc) is 2.86. The monoisotopic (exact) mass is 300 g/mol. The summed E-state index contributed by atoms with van der Waals surface area (Å²) >= 11 is 1.44. The van der Waals surface area contributed by atoms with E-state index in [2.05, 4.69) is 4.72 Å². The van der Waals surface area contributed by atoms with E-state index in [0.29, 0.717) is 0 Å². The highest BCUT2D eigenvalue weighted by atomic mass is 32.2. The minimum Gasteiger partial charge on any atom is -0.398 e. The van der Waals surface area contributed by atoms with Crippen molar-refractivity contribution in [1.82, 2.24) is 4.72 Å². The highest BCUT2D eigenvalue weighted by Crippen LogP contribution is 2.21. The summed E-state index contributed by atoms with van der Waals surface area (Å²) < 4.78 is 40.0. The van der Waals surface area contributed by atoms with Gasteiger partial charge in [-0.15, -0.1) is 11.3 Å². The summed E-state index contributed by atoms with van der Waals surface area (Å²) in [5.41, 5.74) is 5.95. The molecule has 0 spiro atoms. The lowest BCUT2D eigenvalue weighted by molar-refractivity contribution is 0.577. The van der Waals surface area contributed by atoms with Gasteiger partial charge in [0, 0.05) is 22.7 Å². The fraction of sp³-hybridized carbons (Fsp3) is 0.167. The Balaban J connectivity index is 2.24. The molecule has 1 aromatic heterocycles. The number of hydrogen-bond acceptors (Lipinski definition) is 4. The van der Waals surface area contributed by atoms with Gasteiger partial charge in [0.2, 0.25) is 10.0 Å². The number of benzene rings is 1. The summed E-state index contributed by atoms with van der Waals surface area (Å²) in [5, 5.41) is 1.85. The first-order valence-electron chi connectivity index (χ1n) is 5.48. The summed E-state index contributed by atoms with van der Waals surface area (Å²) in [6, 6.07) is 5.88. The van der Waals surface area contributed by atoms with E-state index in [4.69, 9.17) is 5.73 Å². The first kappa shape index (κ1) is 14.0. The van der Waals surface area contributed by atoms with E-state index in [1.807, 2.05) is 17.5 Å². The second kappa shape index (κ2) is 5.28. The van der Waals surface area contributed by atoms with Crippen LogP contribution in [0, 0.1) is 12.7 Å². The van der Waals surface area contributed by atoms with Crippen LogP contribution in [0.4, 0.5) is 10.1 Å². The largest absolute Gasteiger partial charge is 0.398 e. The van der Waals surface area contributed by atoms with Gasteiger partial charge in [-0.1, -0.05) is 6.07 Å². The molecule has 0 unspecified atom stereocenters. The second-order valence-corrected chi connectivity index (χ2v) is 6.82. The Morgan fingerprint density at radius 1 is 1.42 bits per heavy atom. The van der Waals surface area contributed by atoms with Gasteiger partial charge in [0.05, 0.1) is 4.90 Å². The molecule has 0 saturated carbocycles. The maximum atomic E-state index is 13.5. The molecule has 0 bridgehead atoms. The van der Waals surface area contributed by atoms with Gasteiger partial charge >= 0.3 is 0 Å². The third-order valence-corrected chi connectivity index (χ3v) is 4.94. The topological polar surface area (TPSA) is 72.2 Å². The summed E-state index contributed by atoms with van der Waals surface area (Å²) in [4.78, 5) is 0.716. The van der Waals surface area contributed by atoms with Gasteiger partial charge in [0.25, 0.3) is 0 Å². The third-order valence-electron chi connectivity index (χ3n) is 2.68. The minimum atomic E-state index is -3.76. The van der Waals surface area contributed by atoms with Crippen LogP contribution in [-0.2, 0) is 16.6 Å². The van der Waals surface area contributed by atoms with E-state index < -0.39 is 15.8 Å². The van der Waals surface area contributed by atoms with Gasteiger partial charge in [-0.3, -0.25) is 0 Å². The molecule has 4 nitrogen and oxygen atoms in total. The zero-order valence-corrected chi connectivity index (χ0v) is 11.8. The van der Waals surface area contributed by atoms with E-state index >= 15 is 0 Å². The van der Waals surface area contributed by atoms with Crippen LogP contribution in [0.15, 0.2) is 34.5 Å². The Morgan fingerprint density at radius 2 is 2.16 bits per heavy atom. The van der Waals surface area contributed by atoms with E-state index in [-0.39, 0.29) is 22.7 Å². The van der Waals surface area contributed by atoms with Crippen LogP contribution in [-0.4, -0.2) is 8.42 Å². The van der Waals surface area contributed by atoms with E-state index in [1.54, 1.807) is 0 Å². The lowest BCUT2D eigenvalue weighted by atomic mass is 10.2. The smallest absolute Gasteiger partial charge is 0.241 e. The van der Waals surface area contributed by atoms with Crippen LogP contribution in [0.5, 0.6) is 0 Å². The Hall–Kier alpha value is -1.44. The molecule has 0 fully saturated rings. The second-order valence-electron chi connectivity index (χ2n) is 4.02. The molecule has 19 heavy (non-hydrogen) atoms. The van der Waals surface area contributed by atoms with Crippen LogP contribution in [0.25, 0.3) is 0 Å². The van der Waals surface area contributed by atoms with Crippen LogP contribution >= 0.6 is 11.3 Å². The molecule has 2 aromatic rings. The van der Waals surface area contributed by atoms with Crippen molar-refractivity contribution in [3.05, 3.63) is 45.9 Å². The van der Waals surface area contributed by atoms with Crippen LogP contribution in [0.2, 0.25) is 0 Å². The van der Waals surface area contributed by atoms with Crippen LogP contribution in [0.1, 0.15) is 10.4 Å². The van der Waals surface area contributed by atoms with Crippen LogP contribution < -0.4 is 10.5 Å². The van der Waals surface area contributed by atoms with Crippen molar-refractivity contribution in [3.8, 4) is 0 Å². The molecule has 7 heteroatoms. The maximum absolute atomic E-state index is 13.5. The van der Waals surface area contributed by atoms with Crippen molar-refractivity contribution < 1.29 is 12.8 Å². The number of nitrogens with two attached hydrogens (primary N) is 1. The summed E-state index contributed by atoms with van der Waals surface area (Å²) in [5.74, 6) is -0.628. The van der Waals surface area contributed by atoms with E-state index in [0.717, 1.165) is 10.9 Å². The van der Waals surface area contributed by atoms with Gasteiger partial charge in [0.15, 0.2) is 0 Å². The molecule has 102 valence electrons. The molecule has 1 aromatic carbocycles. The molecule has 0 aliphatic rings. The van der Waals surface area contributed by atoms with Crippen molar-refractivity contribution in [2.24, 2.45) is 0 Å². The number of hydrogen-bond donors (Lipinski definition) is 2.